The minimum absolute atomic E-state index is 0.0600. The number of aliphatic hydroxyl groups is 17. The molecule has 0 aromatic rings. The Balaban J connectivity index is 0.839. The number of carbonyl (C=O) groups excluding carboxylic acids is 1. The molecule has 88 heavy (non-hydrogen) atoms. The molecule has 4 saturated carbocycles. The van der Waals surface area contributed by atoms with E-state index in [2.05, 4.69) is 40.7 Å². The van der Waals surface area contributed by atoms with Crippen LogP contribution in [0, 0.1) is 50.2 Å². The summed E-state index contributed by atoms with van der Waals surface area (Å²) in [5.74, 6) is -1.06. The number of esters is 1. The third-order valence-corrected chi connectivity index (χ3v) is 23.6. The number of ether oxygens (including phenoxy) is 10. The van der Waals surface area contributed by atoms with Gasteiger partial charge in [0.25, 0.3) is 0 Å². The van der Waals surface area contributed by atoms with Gasteiger partial charge in [-0.05, 0) is 111 Å². The monoisotopic (exact) mass is 1270 g/mol. The molecule has 34 atom stereocenters. The molecule has 0 spiro atoms. The smallest absolute Gasteiger partial charge is 0.315 e. The van der Waals surface area contributed by atoms with Gasteiger partial charge in [-0.15, -0.1) is 0 Å². The standard InChI is InChI=1S/C60H98O28/c1-24-34(65)38(69)43(74)50(81-24)86-47-29(21-63)84-49(46(77)42(47)73)79-22-30-37(68)40(71)45(76)52(85-30)88-54(78)60-16-14-55(2,3)18-26(60)25-8-9-32-56(4)12-11-33(64)57(5,31(56)10-13-59(32,7)58(25,6)15-17-60)23-80-53-48(41(72)36(67)28(20-62)83-53)87-51-44(75)39(70)35(66)27(19-61)82-51/h8,24,26-53,61-77H,9-23H2,1-7H3/t24-,26-,27+,28+,29+,30+,31+,32+,33-,34-,35+,36+,37+,38+,39-,40-,41-,42+,43+,44+,45+,46+,47+,48+,49+,50-,51-,52-,53+,56-,57-,58+,59+,60-/m0/s1. The summed E-state index contributed by atoms with van der Waals surface area (Å²) in [6.07, 6.45) is -34.1. The van der Waals surface area contributed by atoms with Gasteiger partial charge in [0, 0.05) is 5.41 Å². The van der Waals surface area contributed by atoms with Crippen LogP contribution in [0.1, 0.15) is 113 Å². The first-order valence-corrected chi connectivity index (χ1v) is 31.4. The Morgan fingerprint density at radius 1 is 0.511 bits per heavy atom. The third-order valence-electron chi connectivity index (χ3n) is 23.6. The Morgan fingerprint density at radius 2 is 1.03 bits per heavy atom. The number of fused-ring (bicyclic) bond motifs is 7. The van der Waals surface area contributed by atoms with Crippen LogP contribution in [0.3, 0.4) is 0 Å². The molecule has 5 saturated heterocycles. The van der Waals surface area contributed by atoms with Crippen molar-refractivity contribution < 1.29 is 139 Å². The largest absolute Gasteiger partial charge is 0.432 e. The maximum absolute atomic E-state index is 15.3. The Hall–Kier alpha value is -1.83. The van der Waals surface area contributed by atoms with E-state index < -0.39 is 214 Å². The number of aliphatic hydroxyl groups excluding tert-OH is 17. The van der Waals surface area contributed by atoms with Crippen LogP contribution in [-0.4, -0.2) is 285 Å². The molecule has 0 amide bonds. The Labute approximate surface area is 510 Å². The lowest BCUT2D eigenvalue weighted by atomic mass is 9.33. The minimum Gasteiger partial charge on any atom is -0.432 e. The normalized spacial score (nSPS) is 54.6. The maximum Gasteiger partial charge on any atom is 0.315 e. The first-order valence-electron chi connectivity index (χ1n) is 31.4. The van der Waals surface area contributed by atoms with Crippen molar-refractivity contribution in [2.45, 2.75) is 272 Å². The van der Waals surface area contributed by atoms with E-state index in [0.29, 0.717) is 57.8 Å². The molecule has 5 heterocycles. The van der Waals surface area contributed by atoms with Gasteiger partial charge in [0.1, 0.15) is 116 Å². The molecule has 0 aromatic heterocycles. The molecule has 10 aliphatic rings. The van der Waals surface area contributed by atoms with E-state index in [-0.39, 0.29) is 35.2 Å². The molecule has 9 fully saturated rings. The second-order valence-corrected chi connectivity index (χ2v) is 29.0. The van der Waals surface area contributed by atoms with Gasteiger partial charge >= 0.3 is 5.97 Å². The summed E-state index contributed by atoms with van der Waals surface area (Å²) in [4.78, 5) is 15.3. The zero-order valence-corrected chi connectivity index (χ0v) is 51.0. The predicted molar refractivity (Wildman–Crippen MR) is 295 cm³/mol. The van der Waals surface area contributed by atoms with Crippen molar-refractivity contribution in [3.8, 4) is 0 Å². The van der Waals surface area contributed by atoms with Crippen LogP contribution < -0.4 is 0 Å². The van der Waals surface area contributed by atoms with Crippen LogP contribution in [0.2, 0.25) is 0 Å². The Bertz CT molecular complexity index is 2440. The average Bonchev–Trinajstić information content (AvgIpc) is 0.688. The van der Waals surface area contributed by atoms with Gasteiger partial charge in [0.15, 0.2) is 25.2 Å². The highest BCUT2D eigenvalue weighted by Crippen LogP contribution is 2.76. The van der Waals surface area contributed by atoms with Crippen LogP contribution in [0.15, 0.2) is 11.6 Å². The molecule has 10 rings (SSSR count). The van der Waals surface area contributed by atoms with E-state index in [4.69, 9.17) is 47.4 Å². The van der Waals surface area contributed by atoms with Crippen LogP contribution >= 0.6 is 0 Å². The SMILES string of the molecule is C[C@@H]1O[C@@H](O[C@H]2[C@H](O)[C@@H](O)[C@H](OC[C@H]3O[C@@H](OC(=O)[C@]45CCC(C)(C)C[C@H]4C4=CC[C@@H]6[C@@]7(C)CC[C@H](O)[C@@](C)(CO[C@@H]8O[C@H](CO)[C@@H](O)[C@H](O)[C@H]8O[C@@H]8O[C@H](CO)[C@@H](O)[C@H](O)[C@H]8O)[C@@H]7CC[C@@]6(C)[C@]4(C)CC5)[C@H](O)[C@@H](O)[C@@H]3O)O[C@@H]2CO)[C@H](O)[C@H](O)[C@H]1O. The van der Waals surface area contributed by atoms with Crippen LogP contribution in [0.25, 0.3) is 0 Å². The first-order chi connectivity index (χ1) is 41.3. The van der Waals surface area contributed by atoms with Gasteiger partial charge in [-0.25, -0.2) is 0 Å². The predicted octanol–water partition coefficient (Wildman–Crippen LogP) is -4.21. The number of hydrogen-bond donors (Lipinski definition) is 17. The minimum atomic E-state index is -1.92. The molecule has 5 aliphatic heterocycles. The van der Waals surface area contributed by atoms with Crippen molar-refractivity contribution in [3.05, 3.63) is 11.6 Å². The highest BCUT2D eigenvalue weighted by atomic mass is 16.8. The summed E-state index contributed by atoms with van der Waals surface area (Å²) in [6.45, 7) is 11.5. The number of carbonyl (C=O) groups is 1. The van der Waals surface area contributed by atoms with Crippen LogP contribution in [-0.2, 0) is 52.2 Å². The fourth-order valence-corrected chi connectivity index (χ4v) is 17.7. The van der Waals surface area contributed by atoms with Gasteiger partial charge in [0.2, 0.25) is 6.29 Å². The number of allylic oxidation sites excluding steroid dienone is 2. The Morgan fingerprint density at radius 3 is 1.68 bits per heavy atom. The molecule has 0 unspecified atom stereocenters. The summed E-state index contributed by atoms with van der Waals surface area (Å²) in [5.41, 5.74) is -2.30. The highest BCUT2D eigenvalue weighted by Gasteiger charge is 2.71. The van der Waals surface area contributed by atoms with Gasteiger partial charge < -0.3 is 134 Å². The third kappa shape index (κ3) is 11.6. The van der Waals surface area contributed by atoms with Gasteiger partial charge in [0.05, 0.1) is 50.7 Å². The fourth-order valence-electron chi connectivity index (χ4n) is 17.7. The second-order valence-electron chi connectivity index (χ2n) is 29.0. The lowest BCUT2D eigenvalue weighted by Crippen LogP contribution is -2.67. The van der Waals surface area contributed by atoms with E-state index in [1.165, 1.54) is 6.92 Å². The van der Waals surface area contributed by atoms with Gasteiger partial charge in [-0.2, -0.15) is 0 Å². The lowest BCUT2D eigenvalue weighted by Gasteiger charge is -2.71. The Kier molecular flexibility index (Phi) is 20.2. The number of hydrogen-bond acceptors (Lipinski definition) is 28. The van der Waals surface area contributed by atoms with E-state index in [0.717, 1.165) is 12.0 Å². The molecule has 0 radical (unpaired) electrons. The summed E-state index contributed by atoms with van der Waals surface area (Å²) >= 11 is 0. The van der Waals surface area contributed by atoms with Crippen LogP contribution in [0.5, 0.6) is 0 Å². The molecule has 506 valence electrons. The van der Waals surface area contributed by atoms with E-state index in [1.54, 1.807) is 0 Å². The molecule has 0 aromatic carbocycles. The molecular formula is C60H98O28. The van der Waals surface area contributed by atoms with Crippen LogP contribution in [0.4, 0.5) is 0 Å². The average molecular weight is 1270 g/mol. The highest BCUT2D eigenvalue weighted by molar-refractivity contribution is 5.79. The number of rotatable bonds is 15. The molecule has 17 N–H and O–H groups in total. The van der Waals surface area contributed by atoms with Crippen molar-refractivity contribution in [2.75, 3.05) is 33.0 Å². The summed E-state index contributed by atoms with van der Waals surface area (Å²) in [5, 5.41) is 184. The van der Waals surface area contributed by atoms with E-state index in [1.807, 2.05) is 6.92 Å². The lowest BCUT2D eigenvalue weighted by molar-refractivity contribution is -0.371. The van der Waals surface area contributed by atoms with Gasteiger partial charge in [-0.3, -0.25) is 4.79 Å². The van der Waals surface area contributed by atoms with Crippen molar-refractivity contribution in [2.24, 2.45) is 50.2 Å². The summed E-state index contributed by atoms with van der Waals surface area (Å²) < 4.78 is 59.0. The molecule has 5 aliphatic carbocycles. The maximum atomic E-state index is 15.3. The summed E-state index contributed by atoms with van der Waals surface area (Å²) in [6, 6.07) is 0. The molecule has 28 heteroatoms. The van der Waals surface area contributed by atoms with E-state index >= 15 is 4.79 Å². The van der Waals surface area contributed by atoms with Crippen molar-refractivity contribution >= 4 is 5.97 Å². The summed E-state index contributed by atoms with van der Waals surface area (Å²) in [7, 11) is 0. The van der Waals surface area contributed by atoms with Gasteiger partial charge in [-0.1, -0.05) is 53.2 Å². The van der Waals surface area contributed by atoms with E-state index in [9.17, 15) is 86.8 Å². The fraction of sp³-hybridized carbons (Fsp3) is 0.950. The zero-order chi connectivity index (χ0) is 64.3. The zero-order valence-electron chi connectivity index (χ0n) is 51.0. The molecule has 28 nitrogen and oxygen atoms in total. The van der Waals surface area contributed by atoms with Crippen molar-refractivity contribution in [1.29, 1.82) is 0 Å². The molecule has 0 bridgehead atoms. The second kappa shape index (κ2) is 25.7. The quantitative estimate of drug-likeness (QED) is 0.0546. The van der Waals surface area contributed by atoms with Crippen molar-refractivity contribution in [3.63, 3.8) is 0 Å². The topological polar surface area (TPSA) is 453 Å². The first kappa shape index (κ1) is 69.0. The van der Waals surface area contributed by atoms with Crippen molar-refractivity contribution in [1.82, 2.24) is 0 Å². The molecular weight excluding hydrogens is 1170 g/mol.